The van der Waals surface area contributed by atoms with Gasteiger partial charge >= 0.3 is 0 Å². The third-order valence-electron chi connectivity index (χ3n) is 3.18. The molecule has 0 saturated heterocycles. The molecule has 0 spiro atoms. The van der Waals surface area contributed by atoms with Gasteiger partial charge in [0.1, 0.15) is 0 Å². The van der Waals surface area contributed by atoms with Crippen LogP contribution in [-0.2, 0) is 0 Å². The first-order valence-electron chi connectivity index (χ1n) is 6.69. The van der Waals surface area contributed by atoms with E-state index in [2.05, 4.69) is 31.6 Å². The van der Waals surface area contributed by atoms with E-state index in [0.29, 0.717) is 24.5 Å². The topological polar surface area (TPSA) is 85.8 Å². The van der Waals surface area contributed by atoms with E-state index in [1.54, 1.807) is 4.68 Å². The van der Waals surface area contributed by atoms with Crippen LogP contribution < -0.4 is 11.1 Å². The fourth-order valence-electron chi connectivity index (χ4n) is 1.83. The van der Waals surface area contributed by atoms with Crippen LogP contribution in [0.1, 0.15) is 23.1 Å². The molecule has 0 aliphatic rings. The first-order chi connectivity index (χ1) is 10.0. The van der Waals surface area contributed by atoms with Crippen LogP contribution in [0.2, 0.25) is 0 Å². The zero-order chi connectivity index (χ0) is 15.4. The Morgan fingerprint density at radius 3 is 2.95 bits per heavy atom. The zero-order valence-corrected chi connectivity index (χ0v) is 13.6. The Bertz CT molecular complexity index is 640. The maximum atomic E-state index is 12.1. The molecule has 21 heavy (non-hydrogen) atoms. The Morgan fingerprint density at radius 1 is 1.52 bits per heavy atom. The standard InChI is InChI=1S/C14H18BrN5O/c1-9(7-16)8-17-14(21)13-10(2)20(19-18-13)12-5-3-4-11(15)6-12/h3-6,9H,7-8,16H2,1-2H3,(H,17,21). The highest BCUT2D eigenvalue weighted by Crippen LogP contribution is 2.17. The molecular weight excluding hydrogens is 334 g/mol. The number of nitrogens with one attached hydrogen (secondary N) is 1. The van der Waals surface area contributed by atoms with E-state index in [1.165, 1.54) is 0 Å². The summed E-state index contributed by atoms with van der Waals surface area (Å²) in [5.74, 6) is 0.00317. The minimum atomic E-state index is -0.228. The first-order valence-corrected chi connectivity index (χ1v) is 7.48. The smallest absolute Gasteiger partial charge is 0.273 e. The third-order valence-corrected chi connectivity index (χ3v) is 3.67. The molecule has 1 aromatic heterocycles. The van der Waals surface area contributed by atoms with E-state index in [1.807, 2.05) is 38.1 Å². The quantitative estimate of drug-likeness (QED) is 0.857. The largest absolute Gasteiger partial charge is 0.350 e. The molecule has 0 saturated carbocycles. The lowest BCUT2D eigenvalue weighted by Crippen LogP contribution is -2.31. The number of nitrogens with two attached hydrogens (primary N) is 1. The van der Waals surface area contributed by atoms with Gasteiger partial charge in [0.05, 0.1) is 11.4 Å². The van der Waals surface area contributed by atoms with E-state index in [-0.39, 0.29) is 11.8 Å². The lowest BCUT2D eigenvalue weighted by Gasteiger charge is -2.09. The molecule has 0 fully saturated rings. The molecule has 3 N–H and O–H groups in total. The van der Waals surface area contributed by atoms with E-state index in [4.69, 9.17) is 5.73 Å². The van der Waals surface area contributed by atoms with Crippen LogP contribution in [0.4, 0.5) is 0 Å². The van der Waals surface area contributed by atoms with Gasteiger partial charge < -0.3 is 11.1 Å². The number of carbonyl (C=O) groups excluding carboxylic acids is 1. The first kappa shape index (κ1) is 15.7. The van der Waals surface area contributed by atoms with Crippen molar-refractivity contribution in [2.45, 2.75) is 13.8 Å². The Kier molecular flexibility index (Phi) is 5.08. The number of carbonyl (C=O) groups is 1. The number of aromatic nitrogens is 3. The summed E-state index contributed by atoms with van der Waals surface area (Å²) >= 11 is 3.42. The Morgan fingerprint density at radius 2 is 2.29 bits per heavy atom. The van der Waals surface area contributed by atoms with E-state index in [0.717, 1.165) is 10.2 Å². The van der Waals surface area contributed by atoms with Gasteiger partial charge in [0, 0.05) is 11.0 Å². The summed E-state index contributed by atoms with van der Waals surface area (Å²) in [6, 6.07) is 7.66. The van der Waals surface area contributed by atoms with E-state index < -0.39 is 0 Å². The molecule has 7 heteroatoms. The van der Waals surface area contributed by atoms with E-state index in [9.17, 15) is 4.79 Å². The van der Waals surface area contributed by atoms with E-state index >= 15 is 0 Å². The molecule has 6 nitrogen and oxygen atoms in total. The molecular formula is C14H18BrN5O. The third kappa shape index (κ3) is 3.68. The second-order valence-electron chi connectivity index (χ2n) is 4.97. The van der Waals surface area contributed by atoms with Crippen LogP contribution in [0.25, 0.3) is 5.69 Å². The van der Waals surface area contributed by atoms with Gasteiger partial charge in [0.15, 0.2) is 5.69 Å². The lowest BCUT2D eigenvalue weighted by molar-refractivity contribution is 0.0943. The predicted molar refractivity (Wildman–Crippen MR) is 84.3 cm³/mol. The summed E-state index contributed by atoms with van der Waals surface area (Å²) in [5.41, 5.74) is 7.42. The Labute approximate surface area is 131 Å². The highest BCUT2D eigenvalue weighted by atomic mass is 79.9. The number of nitrogens with zero attached hydrogens (tertiary/aromatic N) is 3. The molecule has 1 amide bonds. The van der Waals surface area contributed by atoms with Crippen molar-refractivity contribution in [3.8, 4) is 5.69 Å². The van der Waals surface area contributed by atoms with Crippen LogP contribution in [0.15, 0.2) is 28.7 Å². The molecule has 112 valence electrons. The van der Waals surface area contributed by atoms with Gasteiger partial charge in [-0.15, -0.1) is 5.10 Å². The normalized spacial score (nSPS) is 12.2. The molecule has 1 aromatic carbocycles. The molecule has 0 aliphatic carbocycles. The molecule has 1 heterocycles. The summed E-state index contributed by atoms with van der Waals surface area (Å²) < 4.78 is 2.59. The Hall–Kier alpha value is -1.73. The molecule has 0 radical (unpaired) electrons. The van der Waals surface area contributed by atoms with Gasteiger partial charge in [-0.1, -0.05) is 34.1 Å². The number of rotatable bonds is 5. The number of halogens is 1. The highest BCUT2D eigenvalue weighted by Gasteiger charge is 2.17. The van der Waals surface area contributed by atoms with Crippen LogP contribution in [-0.4, -0.2) is 34.0 Å². The molecule has 1 atom stereocenters. The van der Waals surface area contributed by atoms with Crippen molar-refractivity contribution >= 4 is 21.8 Å². The molecule has 0 aliphatic heterocycles. The van der Waals surface area contributed by atoms with Crippen LogP contribution in [0, 0.1) is 12.8 Å². The van der Waals surface area contributed by atoms with Gasteiger partial charge in [0.25, 0.3) is 5.91 Å². The van der Waals surface area contributed by atoms with Gasteiger partial charge in [-0.3, -0.25) is 4.79 Å². The SMILES string of the molecule is Cc1c(C(=O)NCC(C)CN)nnn1-c1cccc(Br)c1. The molecule has 2 rings (SSSR count). The van der Waals surface area contributed by atoms with Crippen molar-refractivity contribution in [2.24, 2.45) is 11.7 Å². The van der Waals surface area contributed by atoms with Crippen molar-refractivity contribution in [1.29, 1.82) is 0 Å². The number of hydrogen-bond acceptors (Lipinski definition) is 4. The number of benzene rings is 1. The van der Waals surface area contributed by atoms with Gasteiger partial charge in [-0.05, 0) is 37.6 Å². The minimum Gasteiger partial charge on any atom is -0.350 e. The zero-order valence-electron chi connectivity index (χ0n) is 12.0. The summed E-state index contributed by atoms with van der Waals surface area (Å²) in [4.78, 5) is 12.1. The Balaban J connectivity index is 2.19. The van der Waals surface area contributed by atoms with Gasteiger partial charge in [-0.25, -0.2) is 4.68 Å². The van der Waals surface area contributed by atoms with Crippen molar-refractivity contribution in [3.63, 3.8) is 0 Å². The molecule has 2 aromatic rings. The fourth-order valence-corrected chi connectivity index (χ4v) is 2.21. The summed E-state index contributed by atoms with van der Waals surface area (Å²) in [7, 11) is 0. The fraction of sp³-hybridized carbons (Fsp3) is 0.357. The lowest BCUT2D eigenvalue weighted by atomic mass is 10.2. The van der Waals surface area contributed by atoms with Crippen LogP contribution in [0.5, 0.6) is 0 Å². The number of amides is 1. The average molecular weight is 352 g/mol. The van der Waals surface area contributed by atoms with Gasteiger partial charge in [-0.2, -0.15) is 0 Å². The van der Waals surface area contributed by atoms with Crippen molar-refractivity contribution < 1.29 is 4.79 Å². The maximum absolute atomic E-state index is 12.1. The minimum absolute atomic E-state index is 0.228. The second kappa shape index (κ2) is 6.82. The van der Waals surface area contributed by atoms with Crippen molar-refractivity contribution in [1.82, 2.24) is 20.3 Å². The van der Waals surface area contributed by atoms with Crippen LogP contribution >= 0.6 is 15.9 Å². The van der Waals surface area contributed by atoms with Crippen molar-refractivity contribution in [2.75, 3.05) is 13.1 Å². The maximum Gasteiger partial charge on any atom is 0.273 e. The van der Waals surface area contributed by atoms with Crippen LogP contribution in [0.3, 0.4) is 0 Å². The second-order valence-corrected chi connectivity index (χ2v) is 5.88. The van der Waals surface area contributed by atoms with Crippen molar-refractivity contribution in [3.05, 3.63) is 40.1 Å². The predicted octanol–water partition coefficient (Wildman–Crippen LogP) is 1.66. The molecule has 1 unspecified atom stereocenters. The van der Waals surface area contributed by atoms with Gasteiger partial charge in [0.2, 0.25) is 0 Å². The highest BCUT2D eigenvalue weighted by molar-refractivity contribution is 9.10. The monoisotopic (exact) mass is 351 g/mol. The molecule has 0 bridgehead atoms. The summed E-state index contributed by atoms with van der Waals surface area (Å²) in [6.07, 6.45) is 0. The summed E-state index contributed by atoms with van der Waals surface area (Å²) in [6.45, 7) is 4.86. The summed E-state index contributed by atoms with van der Waals surface area (Å²) in [5, 5.41) is 10.9. The average Bonchev–Trinajstić information content (AvgIpc) is 2.86. The number of hydrogen-bond donors (Lipinski definition) is 2.